The lowest BCUT2D eigenvalue weighted by Crippen LogP contribution is -2.34. The first-order chi connectivity index (χ1) is 5.57. The summed E-state index contributed by atoms with van der Waals surface area (Å²) < 4.78 is 4.59. The van der Waals surface area contributed by atoms with Crippen molar-refractivity contribution >= 4 is 24.5 Å². The first-order valence-electron chi connectivity index (χ1n) is 3.39. The number of hydrogen-bond acceptors (Lipinski definition) is 5. The molecule has 0 bridgehead atoms. The molecular formula is C6H12N2O3S. The third-order valence-electron chi connectivity index (χ3n) is 1.09. The Morgan fingerprint density at radius 1 is 1.50 bits per heavy atom. The number of thiol groups is 1. The standard InChI is InChI=1S/C6H12N2O3S/c7-4(3-12)6(10)11-2-1-5(8)9/h4,12H,1-3,7H2,(H2,8,9)/t4-/m0/s1. The van der Waals surface area contributed by atoms with Crippen LogP contribution in [0, 0.1) is 0 Å². The molecule has 1 atom stereocenters. The molecule has 0 fully saturated rings. The van der Waals surface area contributed by atoms with Gasteiger partial charge in [-0.05, 0) is 0 Å². The van der Waals surface area contributed by atoms with E-state index in [1.807, 2.05) is 0 Å². The van der Waals surface area contributed by atoms with Crippen molar-refractivity contribution in [2.24, 2.45) is 11.5 Å². The Hall–Kier alpha value is -0.750. The van der Waals surface area contributed by atoms with Crippen molar-refractivity contribution in [3.63, 3.8) is 0 Å². The zero-order chi connectivity index (χ0) is 9.56. The maximum Gasteiger partial charge on any atom is 0.323 e. The lowest BCUT2D eigenvalue weighted by molar-refractivity contribution is -0.145. The summed E-state index contributed by atoms with van der Waals surface area (Å²) in [5.74, 6) is -0.858. The van der Waals surface area contributed by atoms with Crippen molar-refractivity contribution in [3.05, 3.63) is 0 Å². The fraction of sp³-hybridized carbons (Fsp3) is 0.667. The molecule has 0 aromatic rings. The highest BCUT2D eigenvalue weighted by atomic mass is 32.1. The molecule has 0 saturated heterocycles. The van der Waals surface area contributed by atoms with Crippen LogP contribution >= 0.6 is 12.6 Å². The maximum absolute atomic E-state index is 10.8. The molecule has 70 valence electrons. The highest BCUT2D eigenvalue weighted by Crippen LogP contribution is 1.90. The predicted molar refractivity (Wildman–Crippen MR) is 46.6 cm³/mol. The Morgan fingerprint density at radius 3 is 2.50 bits per heavy atom. The van der Waals surface area contributed by atoms with Crippen molar-refractivity contribution in [1.29, 1.82) is 0 Å². The van der Waals surface area contributed by atoms with Crippen LogP contribution < -0.4 is 11.5 Å². The number of nitrogens with two attached hydrogens (primary N) is 2. The summed E-state index contributed by atoms with van der Waals surface area (Å²) in [5.41, 5.74) is 10.1. The lowest BCUT2D eigenvalue weighted by Gasteiger charge is -2.07. The lowest BCUT2D eigenvalue weighted by atomic mass is 10.4. The fourth-order valence-corrected chi connectivity index (χ4v) is 0.583. The van der Waals surface area contributed by atoms with E-state index >= 15 is 0 Å². The van der Waals surface area contributed by atoms with Crippen LogP contribution in [0.1, 0.15) is 6.42 Å². The van der Waals surface area contributed by atoms with Crippen LogP contribution in [0.5, 0.6) is 0 Å². The summed E-state index contributed by atoms with van der Waals surface area (Å²) in [6.07, 6.45) is 0.0189. The Balaban J connectivity index is 3.50. The van der Waals surface area contributed by atoms with Gasteiger partial charge < -0.3 is 16.2 Å². The first-order valence-corrected chi connectivity index (χ1v) is 4.02. The summed E-state index contributed by atoms with van der Waals surface area (Å²) in [7, 11) is 0. The third kappa shape index (κ3) is 4.97. The molecule has 5 nitrogen and oxygen atoms in total. The van der Waals surface area contributed by atoms with Gasteiger partial charge in [-0.2, -0.15) is 12.6 Å². The molecule has 0 radical (unpaired) electrons. The average molecular weight is 192 g/mol. The van der Waals surface area contributed by atoms with Gasteiger partial charge >= 0.3 is 5.97 Å². The number of amides is 1. The minimum atomic E-state index is -0.735. The van der Waals surface area contributed by atoms with Crippen LogP contribution in [0.4, 0.5) is 0 Å². The molecule has 0 spiro atoms. The minimum Gasteiger partial charge on any atom is -0.464 e. The summed E-state index contributed by atoms with van der Waals surface area (Å²) in [6.45, 7) is -0.0182. The predicted octanol–water partition coefficient (Wildman–Crippen LogP) is -1.34. The second-order valence-electron chi connectivity index (χ2n) is 2.17. The molecule has 0 unspecified atom stereocenters. The van der Waals surface area contributed by atoms with Crippen molar-refractivity contribution in [2.75, 3.05) is 12.4 Å². The molecule has 4 N–H and O–H groups in total. The van der Waals surface area contributed by atoms with Crippen LogP contribution in [0.15, 0.2) is 0 Å². The molecule has 0 aliphatic carbocycles. The molecule has 0 saturated carbocycles. The van der Waals surface area contributed by atoms with Gasteiger partial charge in [0.05, 0.1) is 6.42 Å². The SMILES string of the molecule is NC(=O)CCOC(=O)[C@@H](N)CS. The van der Waals surface area contributed by atoms with Crippen LogP contribution in [0.25, 0.3) is 0 Å². The van der Waals surface area contributed by atoms with Gasteiger partial charge in [-0.1, -0.05) is 0 Å². The number of hydrogen-bond donors (Lipinski definition) is 3. The van der Waals surface area contributed by atoms with Crippen LogP contribution in [-0.2, 0) is 14.3 Å². The van der Waals surface area contributed by atoms with E-state index in [-0.39, 0.29) is 18.8 Å². The van der Waals surface area contributed by atoms with E-state index < -0.39 is 17.9 Å². The Morgan fingerprint density at radius 2 is 2.08 bits per heavy atom. The topological polar surface area (TPSA) is 95.4 Å². The van der Waals surface area contributed by atoms with Crippen molar-refractivity contribution in [2.45, 2.75) is 12.5 Å². The van der Waals surface area contributed by atoms with Crippen molar-refractivity contribution in [1.82, 2.24) is 0 Å². The number of esters is 1. The third-order valence-corrected chi connectivity index (χ3v) is 1.49. The molecule has 0 aliphatic heterocycles. The summed E-state index contributed by atoms with van der Waals surface area (Å²) in [4.78, 5) is 21.0. The van der Waals surface area contributed by atoms with Gasteiger partial charge in [-0.25, -0.2) is 0 Å². The second kappa shape index (κ2) is 5.84. The minimum absolute atomic E-state index is 0.0182. The smallest absolute Gasteiger partial charge is 0.323 e. The molecule has 1 amide bonds. The molecule has 0 rings (SSSR count). The fourth-order valence-electron chi connectivity index (χ4n) is 0.434. The number of ether oxygens (including phenoxy) is 1. The Kier molecular flexibility index (Phi) is 5.48. The van der Waals surface area contributed by atoms with E-state index in [1.165, 1.54) is 0 Å². The maximum atomic E-state index is 10.8. The molecular weight excluding hydrogens is 180 g/mol. The van der Waals surface area contributed by atoms with E-state index in [1.54, 1.807) is 0 Å². The van der Waals surface area contributed by atoms with Gasteiger partial charge in [-0.15, -0.1) is 0 Å². The van der Waals surface area contributed by atoms with E-state index in [2.05, 4.69) is 17.4 Å². The van der Waals surface area contributed by atoms with Gasteiger partial charge in [0, 0.05) is 5.75 Å². The first kappa shape index (κ1) is 11.2. The van der Waals surface area contributed by atoms with Crippen molar-refractivity contribution < 1.29 is 14.3 Å². The van der Waals surface area contributed by atoms with E-state index in [0.29, 0.717) is 0 Å². The van der Waals surface area contributed by atoms with Crippen LogP contribution in [-0.4, -0.2) is 30.3 Å². The number of carbonyl (C=O) groups excluding carboxylic acids is 2. The molecule has 6 heteroatoms. The Bertz CT molecular complexity index is 174. The normalized spacial score (nSPS) is 12.2. The number of primary amides is 1. The van der Waals surface area contributed by atoms with Gasteiger partial charge in [0.15, 0.2) is 0 Å². The molecule has 12 heavy (non-hydrogen) atoms. The molecule has 0 aliphatic rings. The highest BCUT2D eigenvalue weighted by molar-refractivity contribution is 7.80. The van der Waals surface area contributed by atoms with Crippen LogP contribution in [0.2, 0.25) is 0 Å². The van der Waals surface area contributed by atoms with E-state index in [9.17, 15) is 9.59 Å². The largest absolute Gasteiger partial charge is 0.464 e. The second-order valence-corrected chi connectivity index (χ2v) is 2.54. The quantitative estimate of drug-likeness (QED) is 0.371. The van der Waals surface area contributed by atoms with Gasteiger partial charge in [0.2, 0.25) is 5.91 Å². The van der Waals surface area contributed by atoms with Gasteiger partial charge in [0.1, 0.15) is 12.6 Å². The van der Waals surface area contributed by atoms with Gasteiger partial charge in [-0.3, -0.25) is 9.59 Å². The summed E-state index contributed by atoms with van der Waals surface area (Å²) in [6, 6.07) is -0.735. The molecule has 0 aromatic heterocycles. The van der Waals surface area contributed by atoms with Crippen molar-refractivity contribution in [3.8, 4) is 0 Å². The summed E-state index contributed by atoms with van der Waals surface area (Å²) in [5, 5.41) is 0. The Labute approximate surface area is 75.8 Å². The summed E-state index contributed by atoms with van der Waals surface area (Å²) >= 11 is 3.80. The zero-order valence-corrected chi connectivity index (χ0v) is 7.42. The number of carbonyl (C=O) groups is 2. The van der Waals surface area contributed by atoms with Crippen LogP contribution in [0.3, 0.4) is 0 Å². The van der Waals surface area contributed by atoms with E-state index in [0.717, 1.165) is 0 Å². The monoisotopic (exact) mass is 192 g/mol. The molecule has 0 aromatic carbocycles. The van der Waals surface area contributed by atoms with E-state index in [4.69, 9.17) is 11.5 Å². The number of rotatable bonds is 5. The molecule has 0 heterocycles. The zero-order valence-electron chi connectivity index (χ0n) is 6.53. The average Bonchev–Trinajstić information content (AvgIpc) is 2.02. The highest BCUT2D eigenvalue weighted by Gasteiger charge is 2.12. The van der Waals surface area contributed by atoms with Gasteiger partial charge in [0.25, 0.3) is 0 Å².